The summed E-state index contributed by atoms with van der Waals surface area (Å²) >= 11 is 0. The molecular weight excluding hydrogens is 240 g/mol. The lowest BCUT2D eigenvalue weighted by Crippen LogP contribution is -2.08. The molecule has 0 atom stereocenters. The van der Waals surface area contributed by atoms with Gasteiger partial charge in [0.05, 0.1) is 7.11 Å². The number of benzene rings is 1. The lowest BCUT2D eigenvalue weighted by atomic mass is 10.1. The fraction of sp³-hybridized carbons (Fsp3) is 0.214. The third-order valence-corrected chi connectivity index (χ3v) is 2.67. The molecule has 1 N–H and O–H groups in total. The van der Waals surface area contributed by atoms with Crippen molar-refractivity contribution in [1.29, 1.82) is 5.26 Å². The summed E-state index contributed by atoms with van der Waals surface area (Å²) in [7, 11) is 1.65. The molecule has 0 aliphatic carbocycles. The molecule has 0 fully saturated rings. The molecule has 1 aromatic heterocycles. The second-order valence-electron chi connectivity index (χ2n) is 3.89. The van der Waals surface area contributed by atoms with Gasteiger partial charge >= 0.3 is 0 Å². The fourth-order valence-corrected chi connectivity index (χ4v) is 1.67. The molecule has 0 aliphatic heterocycles. The number of aromatic nitrogens is 2. The van der Waals surface area contributed by atoms with E-state index < -0.39 is 0 Å². The van der Waals surface area contributed by atoms with Crippen LogP contribution >= 0.6 is 0 Å². The highest BCUT2D eigenvalue weighted by molar-refractivity contribution is 5.46. The van der Waals surface area contributed by atoms with Gasteiger partial charge in [-0.2, -0.15) is 5.26 Å². The lowest BCUT2D eigenvalue weighted by molar-refractivity contribution is 0.414. The predicted molar refractivity (Wildman–Crippen MR) is 71.9 cm³/mol. The number of rotatable bonds is 5. The van der Waals surface area contributed by atoms with E-state index in [1.54, 1.807) is 13.3 Å². The molecule has 1 heterocycles. The molecule has 0 aliphatic rings. The zero-order chi connectivity index (χ0) is 13.5. The van der Waals surface area contributed by atoms with Crippen LogP contribution in [-0.4, -0.2) is 23.6 Å². The number of hydrogen-bond donors (Lipinski definition) is 1. The SMILES string of the molecule is COc1ccc(CCNc2nccnc2C#N)cc1. The van der Waals surface area contributed by atoms with Crippen molar-refractivity contribution < 1.29 is 4.74 Å². The van der Waals surface area contributed by atoms with Crippen LogP contribution in [0.4, 0.5) is 5.82 Å². The molecule has 5 nitrogen and oxygen atoms in total. The normalized spacial score (nSPS) is 9.68. The molecule has 2 rings (SSSR count). The van der Waals surface area contributed by atoms with Gasteiger partial charge in [-0.3, -0.25) is 0 Å². The highest BCUT2D eigenvalue weighted by Crippen LogP contribution is 2.12. The van der Waals surface area contributed by atoms with E-state index >= 15 is 0 Å². The number of nitrogens with zero attached hydrogens (tertiary/aromatic N) is 3. The number of nitriles is 1. The summed E-state index contributed by atoms with van der Waals surface area (Å²) in [4.78, 5) is 8.03. The summed E-state index contributed by atoms with van der Waals surface area (Å²) in [6.45, 7) is 0.694. The van der Waals surface area contributed by atoms with E-state index in [0.29, 0.717) is 18.1 Å². The summed E-state index contributed by atoms with van der Waals surface area (Å²) in [5.41, 5.74) is 1.51. The topological polar surface area (TPSA) is 70.8 Å². The van der Waals surface area contributed by atoms with Crippen molar-refractivity contribution in [3.8, 4) is 11.8 Å². The van der Waals surface area contributed by atoms with E-state index in [0.717, 1.165) is 12.2 Å². The zero-order valence-corrected chi connectivity index (χ0v) is 10.6. The zero-order valence-electron chi connectivity index (χ0n) is 10.6. The average molecular weight is 254 g/mol. The minimum absolute atomic E-state index is 0.317. The molecule has 96 valence electrons. The van der Waals surface area contributed by atoms with E-state index in [9.17, 15) is 0 Å². The first-order valence-corrected chi connectivity index (χ1v) is 5.91. The van der Waals surface area contributed by atoms with Gasteiger partial charge in [-0.15, -0.1) is 0 Å². The summed E-state index contributed by atoms with van der Waals surface area (Å²) < 4.78 is 5.10. The van der Waals surface area contributed by atoms with Crippen LogP contribution < -0.4 is 10.1 Å². The van der Waals surface area contributed by atoms with E-state index in [-0.39, 0.29) is 0 Å². The Balaban J connectivity index is 1.91. The smallest absolute Gasteiger partial charge is 0.182 e. The Morgan fingerprint density at radius 1 is 1.21 bits per heavy atom. The first-order chi connectivity index (χ1) is 9.33. The summed E-state index contributed by atoms with van der Waals surface area (Å²) in [5.74, 6) is 1.37. The number of anilines is 1. The highest BCUT2D eigenvalue weighted by atomic mass is 16.5. The quantitative estimate of drug-likeness (QED) is 0.883. The van der Waals surface area contributed by atoms with Crippen LogP contribution in [-0.2, 0) is 6.42 Å². The molecule has 2 aromatic rings. The van der Waals surface area contributed by atoms with Crippen LogP contribution in [0.1, 0.15) is 11.3 Å². The van der Waals surface area contributed by atoms with Gasteiger partial charge in [0.2, 0.25) is 0 Å². The molecule has 0 radical (unpaired) electrons. The van der Waals surface area contributed by atoms with E-state index in [4.69, 9.17) is 10.00 Å². The van der Waals surface area contributed by atoms with Crippen LogP contribution in [0.3, 0.4) is 0 Å². The van der Waals surface area contributed by atoms with Gasteiger partial charge in [-0.05, 0) is 24.1 Å². The van der Waals surface area contributed by atoms with Crippen LogP contribution in [0.25, 0.3) is 0 Å². The average Bonchev–Trinajstić information content (AvgIpc) is 2.48. The molecule has 0 amide bonds. The maximum absolute atomic E-state index is 8.89. The minimum atomic E-state index is 0.317. The molecule has 5 heteroatoms. The Labute approximate surface area is 111 Å². The van der Waals surface area contributed by atoms with Crippen molar-refractivity contribution in [3.05, 3.63) is 47.9 Å². The molecule has 0 spiro atoms. The number of hydrogen-bond acceptors (Lipinski definition) is 5. The molecule has 0 saturated heterocycles. The largest absolute Gasteiger partial charge is 0.497 e. The number of nitrogens with one attached hydrogen (secondary N) is 1. The maximum atomic E-state index is 8.89. The standard InChI is InChI=1S/C14H14N4O/c1-19-12-4-2-11(3-5-12)6-7-17-14-13(10-15)16-8-9-18-14/h2-5,8-9H,6-7H2,1H3,(H,17,18). The summed E-state index contributed by atoms with van der Waals surface area (Å²) in [6, 6.07) is 9.90. The van der Waals surface area contributed by atoms with Gasteiger partial charge in [-0.25, -0.2) is 9.97 Å². The Morgan fingerprint density at radius 3 is 2.63 bits per heavy atom. The van der Waals surface area contributed by atoms with Gasteiger partial charge in [0, 0.05) is 18.9 Å². The third kappa shape index (κ3) is 3.42. The van der Waals surface area contributed by atoms with Crippen molar-refractivity contribution in [2.24, 2.45) is 0 Å². The van der Waals surface area contributed by atoms with Crippen LogP contribution in [0, 0.1) is 11.3 Å². The number of ether oxygens (including phenoxy) is 1. The number of methoxy groups -OCH3 is 1. The van der Waals surface area contributed by atoms with Crippen LogP contribution in [0.5, 0.6) is 5.75 Å². The lowest BCUT2D eigenvalue weighted by Gasteiger charge is -2.06. The van der Waals surface area contributed by atoms with Gasteiger partial charge in [0.25, 0.3) is 0 Å². The molecule has 0 bridgehead atoms. The summed E-state index contributed by atoms with van der Waals surface area (Å²) in [5, 5.41) is 12.0. The second-order valence-corrected chi connectivity index (χ2v) is 3.89. The van der Waals surface area contributed by atoms with Crippen LogP contribution in [0.15, 0.2) is 36.7 Å². The molecule has 0 unspecified atom stereocenters. The Kier molecular flexibility index (Phi) is 4.29. The van der Waals surface area contributed by atoms with Gasteiger partial charge < -0.3 is 10.1 Å². The second kappa shape index (κ2) is 6.36. The Bertz CT molecular complexity index is 575. The summed E-state index contributed by atoms with van der Waals surface area (Å²) in [6.07, 6.45) is 3.91. The highest BCUT2D eigenvalue weighted by Gasteiger charge is 2.02. The minimum Gasteiger partial charge on any atom is -0.497 e. The Hall–Kier alpha value is -2.61. The molecule has 19 heavy (non-hydrogen) atoms. The van der Waals surface area contributed by atoms with Gasteiger partial charge in [-0.1, -0.05) is 12.1 Å². The van der Waals surface area contributed by atoms with Crippen molar-refractivity contribution in [1.82, 2.24) is 9.97 Å². The predicted octanol–water partition coefficient (Wildman–Crippen LogP) is 2.01. The van der Waals surface area contributed by atoms with Crippen molar-refractivity contribution >= 4 is 5.82 Å². The van der Waals surface area contributed by atoms with E-state index in [1.165, 1.54) is 11.8 Å². The van der Waals surface area contributed by atoms with Crippen LogP contribution in [0.2, 0.25) is 0 Å². The fourth-order valence-electron chi connectivity index (χ4n) is 1.67. The maximum Gasteiger partial charge on any atom is 0.182 e. The third-order valence-electron chi connectivity index (χ3n) is 2.67. The molecular formula is C14H14N4O. The molecule has 1 aromatic carbocycles. The first-order valence-electron chi connectivity index (χ1n) is 5.91. The van der Waals surface area contributed by atoms with Gasteiger partial charge in [0.15, 0.2) is 11.5 Å². The first kappa shape index (κ1) is 12.8. The van der Waals surface area contributed by atoms with E-state index in [2.05, 4.69) is 15.3 Å². The molecule has 0 saturated carbocycles. The van der Waals surface area contributed by atoms with Crippen molar-refractivity contribution in [2.45, 2.75) is 6.42 Å². The van der Waals surface area contributed by atoms with Crippen molar-refractivity contribution in [3.63, 3.8) is 0 Å². The monoisotopic (exact) mass is 254 g/mol. The van der Waals surface area contributed by atoms with E-state index in [1.807, 2.05) is 30.3 Å². The van der Waals surface area contributed by atoms with Crippen molar-refractivity contribution in [2.75, 3.05) is 19.0 Å². The Morgan fingerprint density at radius 2 is 1.95 bits per heavy atom. The van der Waals surface area contributed by atoms with Gasteiger partial charge in [0.1, 0.15) is 11.8 Å².